The lowest BCUT2D eigenvalue weighted by molar-refractivity contribution is 0.122. The summed E-state index contributed by atoms with van der Waals surface area (Å²) in [5, 5.41) is 17.1. The molecule has 78 valence electrons. The summed E-state index contributed by atoms with van der Waals surface area (Å²) in [6, 6.07) is 0.0919. The molecule has 0 aliphatic carbocycles. The number of thiophene rings is 1. The van der Waals surface area contributed by atoms with Crippen molar-refractivity contribution in [2.24, 2.45) is 0 Å². The van der Waals surface area contributed by atoms with Crippen LogP contribution in [0.3, 0.4) is 0 Å². The first kappa shape index (κ1) is 10.1. The number of hydrogen-bond donors (Lipinski definition) is 2. The van der Waals surface area contributed by atoms with Crippen molar-refractivity contribution in [3.8, 4) is 0 Å². The van der Waals surface area contributed by atoms with Crippen LogP contribution in [0.2, 0.25) is 0 Å². The van der Waals surface area contributed by atoms with Gasteiger partial charge in [-0.05, 0) is 28.8 Å². The highest BCUT2D eigenvalue weighted by molar-refractivity contribution is 7.08. The first-order valence-electron chi connectivity index (χ1n) is 4.78. The molecule has 0 bridgehead atoms. The molecule has 0 aromatic carbocycles. The first-order chi connectivity index (χ1) is 6.77. The minimum Gasteiger partial charge on any atom is -0.389 e. The number of ether oxygens (including phenoxy) is 1. The number of aryl methyl sites for hydroxylation is 1. The average molecular weight is 213 g/mol. The molecule has 0 radical (unpaired) electrons. The molecule has 1 saturated heterocycles. The van der Waals surface area contributed by atoms with E-state index in [4.69, 9.17) is 4.74 Å². The van der Waals surface area contributed by atoms with E-state index in [0.29, 0.717) is 13.2 Å². The molecule has 0 spiro atoms. The maximum atomic E-state index is 9.50. The predicted molar refractivity (Wildman–Crippen MR) is 56.5 cm³/mol. The Morgan fingerprint density at radius 3 is 3.00 bits per heavy atom. The number of hydrogen-bond acceptors (Lipinski definition) is 4. The van der Waals surface area contributed by atoms with Gasteiger partial charge in [0.05, 0.1) is 25.4 Å². The van der Waals surface area contributed by atoms with Gasteiger partial charge in [0, 0.05) is 6.54 Å². The molecule has 0 amide bonds. The standard InChI is InChI=1S/C10H15NO2S/c1-7-5-14-6-8(7)2-11-9-3-13-4-10(9)12/h5-6,9-12H,2-4H2,1H3. The van der Waals surface area contributed by atoms with Gasteiger partial charge in [0.15, 0.2) is 0 Å². The van der Waals surface area contributed by atoms with Gasteiger partial charge in [0.25, 0.3) is 0 Å². The third-order valence-electron chi connectivity index (χ3n) is 2.57. The summed E-state index contributed by atoms with van der Waals surface area (Å²) in [5.74, 6) is 0. The second-order valence-electron chi connectivity index (χ2n) is 3.67. The summed E-state index contributed by atoms with van der Waals surface area (Å²) in [7, 11) is 0. The lowest BCUT2D eigenvalue weighted by Gasteiger charge is -2.14. The fraction of sp³-hybridized carbons (Fsp3) is 0.600. The smallest absolute Gasteiger partial charge is 0.0948 e. The van der Waals surface area contributed by atoms with Gasteiger partial charge in [-0.15, -0.1) is 0 Å². The molecule has 2 unspecified atom stereocenters. The van der Waals surface area contributed by atoms with Crippen LogP contribution in [0.5, 0.6) is 0 Å². The van der Waals surface area contributed by atoms with Crippen molar-refractivity contribution in [3.63, 3.8) is 0 Å². The molecule has 14 heavy (non-hydrogen) atoms. The molecule has 1 aliphatic rings. The molecule has 1 fully saturated rings. The Balaban J connectivity index is 1.85. The maximum Gasteiger partial charge on any atom is 0.0948 e. The SMILES string of the molecule is Cc1cscc1CNC1COCC1O. The third kappa shape index (κ3) is 2.15. The number of aliphatic hydroxyl groups excluding tert-OH is 1. The van der Waals surface area contributed by atoms with E-state index in [0.717, 1.165) is 6.54 Å². The molecule has 1 aromatic rings. The van der Waals surface area contributed by atoms with Crippen LogP contribution in [0.25, 0.3) is 0 Å². The summed E-state index contributed by atoms with van der Waals surface area (Å²) in [6.45, 7) is 4.00. The van der Waals surface area contributed by atoms with Crippen LogP contribution < -0.4 is 5.32 Å². The normalized spacial score (nSPS) is 27.0. The van der Waals surface area contributed by atoms with Crippen molar-refractivity contribution < 1.29 is 9.84 Å². The quantitative estimate of drug-likeness (QED) is 0.784. The van der Waals surface area contributed by atoms with Gasteiger partial charge in [-0.3, -0.25) is 0 Å². The zero-order valence-electron chi connectivity index (χ0n) is 8.19. The summed E-state index contributed by atoms with van der Waals surface area (Å²) in [4.78, 5) is 0. The van der Waals surface area contributed by atoms with E-state index in [2.05, 4.69) is 23.0 Å². The zero-order chi connectivity index (χ0) is 9.97. The number of rotatable bonds is 3. The van der Waals surface area contributed by atoms with Gasteiger partial charge < -0.3 is 15.2 Å². The Kier molecular flexibility index (Phi) is 3.18. The topological polar surface area (TPSA) is 41.5 Å². The van der Waals surface area contributed by atoms with Gasteiger partial charge in [-0.1, -0.05) is 0 Å². The first-order valence-corrected chi connectivity index (χ1v) is 5.72. The minimum atomic E-state index is -0.353. The van der Waals surface area contributed by atoms with Crippen molar-refractivity contribution >= 4 is 11.3 Å². The predicted octanol–water partition coefficient (Wildman–Crippen LogP) is 0.906. The van der Waals surface area contributed by atoms with Gasteiger partial charge in [-0.25, -0.2) is 0 Å². The maximum absolute atomic E-state index is 9.50. The fourth-order valence-electron chi connectivity index (χ4n) is 1.55. The van der Waals surface area contributed by atoms with E-state index in [-0.39, 0.29) is 12.1 Å². The average Bonchev–Trinajstić information content (AvgIpc) is 2.72. The molecule has 2 N–H and O–H groups in total. The highest BCUT2D eigenvalue weighted by atomic mass is 32.1. The Labute approximate surface area is 87.7 Å². The largest absolute Gasteiger partial charge is 0.389 e. The van der Waals surface area contributed by atoms with Crippen LogP contribution in [0.15, 0.2) is 10.8 Å². The monoisotopic (exact) mass is 213 g/mol. The van der Waals surface area contributed by atoms with Crippen LogP contribution in [0.1, 0.15) is 11.1 Å². The van der Waals surface area contributed by atoms with Crippen molar-refractivity contribution in [1.29, 1.82) is 0 Å². The highest BCUT2D eigenvalue weighted by Gasteiger charge is 2.25. The Morgan fingerprint density at radius 1 is 1.57 bits per heavy atom. The molecular formula is C10H15NO2S. The van der Waals surface area contributed by atoms with E-state index in [1.807, 2.05) is 0 Å². The van der Waals surface area contributed by atoms with E-state index < -0.39 is 0 Å². The lowest BCUT2D eigenvalue weighted by atomic mass is 10.2. The summed E-state index contributed by atoms with van der Waals surface area (Å²) < 4.78 is 5.16. The van der Waals surface area contributed by atoms with Gasteiger partial charge in [0.2, 0.25) is 0 Å². The molecule has 4 heteroatoms. The highest BCUT2D eigenvalue weighted by Crippen LogP contribution is 2.14. The second-order valence-corrected chi connectivity index (χ2v) is 4.42. The number of aliphatic hydroxyl groups is 1. The van der Waals surface area contributed by atoms with Crippen LogP contribution in [0, 0.1) is 6.92 Å². The van der Waals surface area contributed by atoms with Crippen LogP contribution in [0.4, 0.5) is 0 Å². The second kappa shape index (κ2) is 4.40. The Morgan fingerprint density at radius 2 is 2.43 bits per heavy atom. The Hall–Kier alpha value is -0.420. The van der Waals surface area contributed by atoms with Crippen LogP contribution in [-0.4, -0.2) is 30.5 Å². The fourth-order valence-corrected chi connectivity index (χ4v) is 2.40. The van der Waals surface area contributed by atoms with Crippen LogP contribution in [-0.2, 0) is 11.3 Å². The molecule has 1 aliphatic heterocycles. The summed E-state index contributed by atoms with van der Waals surface area (Å²) >= 11 is 1.72. The van der Waals surface area contributed by atoms with Gasteiger partial charge >= 0.3 is 0 Å². The number of nitrogens with one attached hydrogen (secondary N) is 1. The molecule has 0 saturated carbocycles. The van der Waals surface area contributed by atoms with Gasteiger partial charge in [-0.2, -0.15) is 11.3 Å². The van der Waals surface area contributed by atoms with Crippen LogP contribution >= 0.6 is 11.3 Å². The minimum absolute atomic E-state index is 0.0919. The van der Waals surface area contributed by atoms with E-state index in [1.165, 1.54) is 11.1 Å². The molecule has 2 atom stereocenters. The zero-order valence-corrected chi connectivity index (χ0v) is 9.01. The van der Waals surface area contributed by atoms with Crippen molar-refractivity contribution in [3.05, 3.63) is 21.9 Å². The molecule has 3 nitrogen and oxygen atoms in total. The Bertz CT molecular complexity index is 300. The van der Waals surface area contributed by atoms with Gasteiger partial charge in [0.1, 0.15) is 0 Å². The van der Waals surface area contributed by atoms with E-state index in [1.54, 1.807) is 11.3 Å². The molecular weight excluding hydrogens is 198 g/mol. The summed E-state index contributed by atoms with van der Waals surface area (Å²) in [6.07, 6.45) is -0.353. The van der Waals surface area contributed by atoms with E-state index in [9.17, 15) is 5.11 Å². The third-order valence-corrected chi connectivity index (χ3v) is 3.48. The molecule has 2 heterocycles. The summed E-state index contributed by atoms with van der Waals surface area (Å²) in [5.41, 5.74) is 2.63. The lowest BCUT2D eigenvalue weighted by Crippen LogP contribution is -2.38. The van der Waals surface area contributed by atoms with Crippen molar-refractivity contribution in [2.45, 2.75) is 25.6 Å². The van der Waals surface area contributed by atoms with Crippen molar-refractivity contribution in [1.82, 2.24) is 5.32 Å². The van der Waals surface area contributed by atoms with E-state index >= 15 is 0 Å². The molecule has 1 aromatic heterocycles. The van der Waals surface area contributed by atoms with Crippen molar-refractivity contribution in [2.75, 3.05) is 13.2 Å². The molecule has 2 rings (SSSR count).